The number of nitrogens with zero attached hydrogens (tertiary/aromatic N) is 1. The highest BCUT2D eigenvalue weighted by atomic mass is 32.2. The standard InChI is InChI=1S/C13H26N2O2S/c1-2-3-10-18(16,17)15(13-7-8-13)11-12-6-4-5-9-14-12/h12-14H,2-11H2,1H3. The van der Waals surface area contributed by atoms with E-state index in [9.17, 15) is 8.42 Å². The van der Waals surface area contributed by atoms with Crippen LogP contribution in [0, 0.1) is 0 Å². The largest absolute Gasteiger partial charge is 0.313 e. The van der Waals surface area contributed by atoms with Gasteiger partial charge < -0.3 is 5.32 Å². The van der Waals surface area contributed by atoms with Crippen molar-refractivity contribution in [2.75, 3.05) is 18.8 Å². The molecule has 0 amide bonds. The van der Waals surface area contributed by atoms with Crippen LogP contribution in [-0.2, 0) is 10.0 Å². The van der Waals surface area contributed by atoms with Crippen LogP contribution in [0.15, 0.2) is 0 Å². The monoisotopic (exact) mass is 274 g/mol. The van der Waals surface area contributed by atoms with E-state index in [1.807, 2.05) is 6.92 Å². The first-order valence-corrected chi connectivity index (χ1v) is 8.97. The van der Waals surface area contributed by atoms with Crippen molar-refractivity contribution in [2.45, 2.75) is 64.0 Å². The normalized spacial score (nSPS) is 25.6. The first-order chi connectivity index (χ1) is 8.63. The van der Waals surface area contributed by atoms with Crippen molar-refractivity contribution < 1.29 is 8.42 Å². The third-order valence-electron chi connectivity index (χ3n) is 3.88. The highest BCUT2D eigenvalue weighted by molar-refractivity contribution is 7.89. The lowest BCUT2D eigenvalue weighted by Crippen LogP contribution is -2.47. The van der Waals surface area contributed by atoms with Crippen LogP contribution in [0.1, 0.15) is 51.9 Å². The van der Waals surface area contributed by atoms with Crippen molar-refractivity contribution in [2.24, 2.45) is 0 Å². The first kappa shape index (κ1) is 14.3. The summed E-state index contributed by atoms with van der Waals surface area (Å²) in [6.07, 6.45) is 7.40. The lowest BCUT2D eigenvalue weighted by Gasteiger charge is -2.30. The average molecular weight is 274 g/mol. The molecule has 5 heteroatoms. The molecule has 0 bridgehead atoms. The summed E-state index contributed by atoms with van der Waals surface area (Å²) >= 11 is 0. The van der Waals surface area contributed by atoms with Gasteiger partial charge in [0.05, 0.1) is 5.75 Å². The number of piperidine rings is 1. The van der Waals surface area contributed by atoms with E-state index in [0.29, 0.717) is 24.4 Å². The predicted molar refractivity (Wildman–Crippen MR) is 74.1 cm³/mol. The lowest BCUT2D eigenvalue weighted by atomic mass is 10.1. The SMILES string of the molecule is CCCCS(=O)(=O)N(CC1CCCCN1)C1CC1. The van der Waals surface area contributed by atoms with Gasteiger partial charge in [-0.1, -0.05) is 19.8 Å². The van der Waals surface area contributed by atoms with Gasteiger partial charge >= 0.3 is 0 Å². The van der Waals surface area contributed by atoms with E-state index >= 15 is 0 Å². The molecule has 1 unspecified atom stereocenters. The topological polar surface area (TPSA) is 49.4 Å². The van der Waals surface area contributed by atoms with E-state index in [4.69, 9.17) is 0 Å². The van der Waals surface area contributed by atoms with Crippen molar-refractivity contribution in [3.63, 3.8) is 0 Å². The molecule has 2 aliphatic rings. The zero-order valence-corrected chi connectivity index (χ0v) is 12.2. The third kappa shape index (κ3) is 3.93. The Morgan fingerprint density at radius 1 is 1.22 bits per heavy atom. The van der Waals surface area contributed by atoms with Crippen LogP contribution in [-0.4, -0.2) is 43.6 Å². The quantitative estimate of drug-likeness (QED) is 0.769. The van der Waals surface area contributed by atoms with Gasteiger partial charge in [-0.15, -0.1) is 0 Å². The molecule has 1 aliphatic heterocycles. The molecule has 106 valence electrons. The van der Waals surface area contributed by atoms with E-state index < -0.39 is 10.0 Å². The number of unbranched alkanes of at least 4 members (excludes halogenated alkanes) is 1. The Hall–Kier alpha value is -0.130. The van der Waals surface area contributed by atoms with Crippen molar-refractivity contribution in [3.05, 3.63) is 0 Å². The van der Waals surface area contributed by atoms with Crippen LogP contribution in [0.3, 0.4) is 0 Å². The smallest absolute Gasteiger partial charge is 0.214 e. The molecule has 2 fully saturated rings. The molecule has 1 atom stereocenters. The number of hydrogen-bond acceptors (Lipinski definition) is 3. The van der Waals surface area contributed by atoms with Gasteiger partial charge in [-0.05, 0) is 38.6 Å². The predicted octanol–water partition coefficient (Wildman–Crippen LogP) is 1.72. The second-order valence-electron chi connectivity index (χ2n) is 5.62. The lowest BCUT2D eigenvalue weighted by molar-refractivity contribution is 0.307. The average Bonchev–Trinajstić information content (AvgIpc) is 3.19. The maximum absolute atomic E-state index is 12.3. The van der Waals surface area contributed by atoms with Gasteiger partial charge in [0.1, 0.15) is 0 Å². The van der Waals surface area contributed by atoms with Crippen LogP contribution >= 0.6 is 0 Å². The minimum absolute atomic E-state index is 0.301. The number of nitrogens with one attached hydrogen (secondary N) is 1. The van der Waals surface area contributed by atoms with Crippen molar-refractivity contribution in [1.82, 2.24) is 9.62 Å². The minimum atomic E-state index is -3.03. The molecule has 1 heterocycles. The zero-order chi connectivity index (χ0) is 13.0. The molecule has 0 radical (unpaired) electrons. The second kappa shape index (κ2) is 6.35. The highest BCUT2D eigenvalue weighted by Crippen LogP contribution is 2.30. The number of rotatable bonds is 7. The van der Waals surface area contributed by atoms with Crippen LogP contribution in [0.5, 0.6) is 0 Å². The summed E-state index contributed by atoms with van der Waals surface area (Å²) in [6.45, 7) is 3.77. The van der Waals surface area contributed by atoms with Gasteiger partial charge in [0.2, 0.25) is 10.0 Å². The van der Waals surface area contributed by atoms with Gasteiger partial charge in [0, 0.05) is 18.6 Å². The van der Waals surface area contributed by atoms with Gasteiger partial charge in [0.25, 0.3) is 0 Å². The summed E-state index contributed by atoms with van der Waals surface area (Å²) in [7, 11) is -3.03. The molecule has 1 N–H and O–H groups in total. The van der Waals surface area contributed by atoms with Gasteiger partial charge in [-0.2, -0.15) is 4.31 Å². The Kier molecular flexibility index (Phi) is 5.04. The summed E-state index contributed by atoms with van der Waals surface area (Å²) in [5, 5.41) is 3.45. The number of sulfonamides is 1. The molecule has 2 rings (SSSR count). The first-order valence-electron chi connectivity index (χ1n) is 7.36. The maximum atomic E-state index is 12.3. The Morgan fingerprint density at radius 3 is 2.56 bits per heavy atom. The van der Waals surface area contributed by atoms with Crippen LogP contribution < -0.4 is 5.32 Å². The number of hydrogen-bond donors (Lipinski definition) is 1. The van der Waals surface area contributed by atoms with E-state index in [0.717, 1.165) is 38.6 Å². The molecule has 1 saturated carbocycles. The fourth-order valence-electron chi connectivity index (χ4n) is 2.59. The Morgan fingerprint density at radius 2 is 2.00 bits per heavy atom. The zero-order valence-electron chi connectivity index (χ0n) is 11.4. The van der Waals surface area contributed by atoms with Gasteiger partial charge in [-0.3, -0.25) is 0 Å². The van der Waals surface area contributed by atoms with E-state index in [1.54, 1.807) is 4.31 Å². The molecule has 0 aromatic carbocycles. The van der Waals surface area contributed by atoms with E-state index in [2.05, 4.69) is 5.32 Å². The van der Waals surface area contributed by atoms with Crippen LogP contribution in [0.4, 0.5) is 0 Å². The fraction of sp³-hybridized carbons (Fsp3) is 1.00. The maximum Gasteiger partial charge on any atom is 0.214 e. The molecule has 4 nitrogen and oxygen atoms in total. The van der Waals surface area contributed by atoms with Gasteiger partial charge in [0.15, 0.2) is 0 Å². The van der Waals surface area contributed by atoms with Crippen LogP contribution in [0.2, 0.25) is 0 Å². The summed E-state index contributed by atoms with van der Waals surface area (Å²) in [5.74, 6) is 0.326. The van der Waals surface area contributed by atoms with Gasteiger partial charge in [-0.25, -0.2) is 8.42 Å². The molecule has 0 aromatic heterocycles. The fourth-order valence-corrected chi connectivity index (χ4v) is 4.55. The summed E-state index contributed by atoms with van der Waals surface area (Å²) in [4.78, 5) is 0. The van der Waals surface area contributed by atoms with Crippen molar-refractivity contribution in [1.29, 1.82) is 0 Å². The molecule has 18 heavy (non-hydrogen) atoms. The Balaban J connectivity index is 1.94. The molecule has 1 aliphatic carbocycles. The highest BCUT2D eigenvalue weighted by Gasteiger charge is 2.38. The Bertz CT molecular complexity index is 346. The van der Waals surface area contributed by atoms with E-state index in [1.165, 1.54) is 12.8 Å². The summed E-state index contributed by atoms with van der Waals surface area (Å²) in [6, 6.07) is 0.673. The van der Waals surface area contributed by atoms with E-state index in [-0.39, 0.29) is 0 Å². The van der Waals surface area contributed by atoms with Crippen LogP contribution in [0.25, 0.3) is 0 Å². The molecule has 0 spiro atoms. The molecule has 1 saturated heterocycles. The Labute approximate surface area is 111 Å². The molecular formula is C13H26N2O2S. The summed E-state index contributed by atoms with van der Waals surface area (Å²) < 4.78 is 26.5. The van der Waals surface area contributed by atoms with Crippen molar-refractivity contribution >= 4 is 10.0 Å². The molecule has 0 aromatic rings. The minimum Gasteiger partial charge on any atom is -0.313 e. The second-order valence-corrected chi connectivity index (χ2v) is 7.66. The third-order valence-corrected chi connectivity index (χ3v) is 5.85. The van der Waals surface area contributed by atoms with Crippen molar-refractivity contribution in [3.8, 4) is 0 Å². The summed E-state index contributed by atoms with van der Waals surface area (Å²) in [5.41, 5.74) is 0. The molecular weight excluding hydrogens is 248 g/mol.